The molecule has 0 bridgehead atoms. The van der Waals surface area contributed by atoms with E-state index in [1.54, 1.807) is 0 Å². The lowest BCUT2D eigenvalue weighted by Crippen LogP contribution is -2.31. The first-order chi connectivity index (χ1) is 5.07. The first-order valence-electron chi connectivity index (χ1n) is 3.18. The average molecular weight is 160 g/mol. The molecule has 0 aliphatic rings. The molecule has 5 nitrogen and oxygen atoms in total. The maximum Gasteiger partial charge on any atom is 0.246 e. The van der Waals surface area contributed by atoms with Crippen molar-refractivity contribution in [3.05, 3.63) is 0 Å². The highest BCUT2D eigenvalue weighted by Gasteiger charge is 2.14. The predicted molar refractivity (Wildman–Crippen MR) is 38.4 cm³/mol. The monoisotopic (exact) mass is 160 g/mol. The summed E-state index contributed by atoms with van der Waals surface area (Å²) in [5.41, 5.74) is 9.77. The van der Waals surface area contributed by atoms with Crippen LogP contribution in [0.1, 0.15) is 12.8 Å². The van der Waals surface area contributed by atoms with Crippen LogP contribution in [0.3, 0.4) is 0 Å². The average Bonchev–Trinajstić information content (AvgIpc) is 1.87. The first-order valence-corrected chi connectivity index (χ1v) is 3.18. The molecule has 0 aromatic carbocycles. The molecule has 1 atom stereocenters. The molecule has 1 unspecified atom stereocenters. The Morgan fingerprint density at radius 2 is 2.00 bits per heavy atom. The molecule has 5 heteroatoms. The van der Waals surface area contributed by atoms with Gasteiger partial charge in [0, 0.05) is 13.5 Å². The highest BCUT2D eigenvalue weighted by atomic mass is 16.5. The summed E-state index contributed by atoms with van der Waals surface area (Å²) in [5.74, 6) is -1.04. The van der Waals surface area contributed by atoms with Crippen molar-refractivity contribution in [1.29, 1.82) is 0 Å². The van der Waals surface area contributed by atoms with Gasteiger partial charge in [-0.15, -0.1) is 0 Å². The Hall–Kier alpha value is -1.10. The Kier molecular flexibility index (Phi) is 4.21. The van der Waals surface area contributed by atoms with E-state index in [0.717, 1.165) is 0 Å². The third kappa shape index (κ3) is 4.32. The van der Waals surface area contributed by atoms with Gasteiger partial charge in [0.15, 0.2) is 0 Å². The maximum atomic E-state index is 10.5. The molecule has 0 aliphatic carbocycles. The van der Waals surface area contributed by atoms with Crippen molar-refractivity contribution < 1.29 is 14.3 Å². The van der Waals surface area contributed by atoms with Crippen LogP contribution in [-0.2, 0) is 14.3 Å². The molecule has 0 radical (unpaired) electrons. The Morgan fingerprint density at radius 1 is 1.45 bits per heavy atom. The van der Waals surface area contributed by atoms with Crippen LogP contribution in [0.5, 0.6) is 0 Å². The van der Waals surface area contributed by atoms with E-state index in [1.807, 2.05) is 0 Å². The van der Waals surface area contributed by atoms with E-state index in [2.05, 4.69) is 4.74 Å². The Morgan fingerprint density at radius 3 is 2.27 bits per heavy atom. The number of hydrogen-bond donors (Lipinski definition) is 2. The van der Waals surface area contributed by atoms with Crippen LogP contribution in [0.25, 0.3) is 0 Å². The van der Waals surface area contributed by atoms with Gasteiger partial charge in [0.05, 0.1) is 0 Å². The zero-order valence-corrected chi connectivity index (χ0v) is 6.37. The number of nitrogens with two attached hydrogens (primary N) is 2. The lowest BCUT2D eigenvalue weighted by atomic mass is 10.2. The minimum atomic E-state index is -0.706. The zero-order chi connectivity index (χ0) is 8.85. The summed E-state index contributed by atoms with van der Waals surface area (Å²) >= 11 is 0. The van der Waals surface area contributed by atoms with Crippen LogP contribution in [-0.4, -0.2) is 25.0 Å². The van der Waals surface area contributed by atoms with Gasteiger partial charge in [-0.1, -0.05) is 0 Å². The first kappa shape index (κ1) is 9.90. The number of ether oxygens (including phenoxy) is 1. The number of carbonyl (C=O) groups excluding carboxylic acids is 2. The van der Waals surface area contributed by atoms with Crippen LogP contribution in [0.4, 0.5) is 0 Å². The molecule has 11 heavy (non-hydrogen) atoms. The Labute approximate surface area is 64.7 Å². The van der Waals surface area contributed by atoms with Crippen molar-refractivity contribution in [3.63, 3.8) is 0 Å². The fourth-order valence-electron chi connectivity index (χ4n) is 0.650. The van der Waals surface area contributed by atoms with E-state index in [-0.39, 0.29) is 12.8 Å². The molecule has 0 fully saturated rings. The molecular formula is C6H12N2O3. The normalized spacial score (nSPS) is 12.5. The summed E-state index contributed by atoms with van der Waals surface area (Å²) in [7, 11) is 1.36. The van der Waals surface area contributed by atoms with E-state index in [1.165, 1.54) is 7.11 Å². The smallest absolute Gasteiger partial charge is 0.246 e. The summed E-state index contributed by atoms with van der Waals surface area (Å²) < 4.78 is 4.68. The molecule has 0 rings (SSSR count). The quantitative estimate of drug-likeness (QED) is 0.526. The molecular weight excluding hydrogens is 148 g/mol. The van der Waals surface area contributed by atoms with Crippen molar-refractivity contribution >= 4 is 11.8 Å². The van der Waals surface area contributed by atoms with E-state index < -0.39 is 17.9 Å². The second-order valence-electron chi connectivity index (χ2n) is 2.13. The maximum absolute atomic E-state index is 10.5. The summed E-state index contributed by atoms with van der Waals surface area (Å²) in [6.45, 7) is 0. The molecule has 64 valence electrons. The third-order valence-corrected chi connectivity index (χ3v) is 1.25. The van der Waals surface area contributed by atoms with Gasteiger partial charge in [-0.25, -0.2) is 0 Å². The highest BCUT2D eigenvalue weighted by molar-refractivity contribution is 5.80. The summed E-state index contributed by atoms with van der Waals surface area (Å²) in [6.07, 6.45) is -0.342. The molecule has 0 aromatic rings. The Bertz CT molecular complexity index is 158. The molecule has 0 aromatic heterocycles. The van der Waals surface area contributed by atoms with Gasteiger partial charge in [-0.2, -0.15) is 0 Å². The van der Waals surface area contributed by atoms with E-state index in [0.29, 0.717) is 0 Å². The number of rotatable bonds is 5. The number of amides is 2. The van der Waals surface area contributed by atoms with Crippen LogP contribution < -0.4 is 11.5 Å². The highest BCUT2D eigenvalue weighted by Crippen LogP contribution is 1.99. The molecule has 0 saturated carbocycles. The standard InChI is InChI=1S/C6H12N2O3/c1-11-4(6(8)10)2-3-5(7)9/h4H,2-3H2,1H3,(H2,7,9)(H2,8,10). The van der Waals surface area contributed by atoms with Gasteiger partial charge < -0.3 is 16.2 Å². The van der Waals surface area contributed by atoms with Crippen LogP contribution in [0.15, 0.2) is 0 Å². The molecule has 0 saturated heterocycles. The lowest BCUT2D eigenvalue weighted by Gasteiger charge is -2.08. The second kappa shape index (κ2) is 4.68. The third-order valence-electron chi connectivity index (χ3n) is 1.25. The van der Waals surface area contributed by atoms with E-state index in [4.69, 9.17) is 11.5 Å². The van der Waals surface area contributed by atoms with E-state index in [9.17, 15) is 9.59 Å². The Balaban J connectivity index is 3.70. The van der Waals surface area contributed by atoms with Gasteiger partial charge in [0.2, 0.25) is 11.8 Å². The SMILES string of the molecule is COC(CCC(N)=O)C(N)=O. The van der Waals surface area contributed by atoms with Gasteiger partial charge in [-0.3, -0.25) is 9.59 Å². The number of carbonyl (C=O) groups is 2. The number of primary amides is 2. The lowest BCUT2D eigenvalue weighted by molar-refractivity contribution is -0.128. The minimum Gasteiger partial charge on any atom is -0.372 e. The summed E-state index contributed by atoms with van der Waals surface area (Å²) in [4.78, 5) is 20.7. The fourth-order valence-corrected chi connectivity index (χ4v) is 0.650. The largest absolute Gasteiger partial charge is 0.372 e. The van der Waals surface area contributed by atoms with Crippen molar-refractivity contribution in [3.8, 4) is 0 Å². The number of methoxy groups -OCH3 is 1. The summed E-state index contributed by atoms with van der Waals surface area (Å²) in [6, 6.07) is 0. The predicted octanol–water partition coefficient (Wildman–Crippen LogP) is -1.25. The topological polar surface area (TPSA) is 95.4 Å². The van der Waals surface area contributed by atoms with Gasteiger partial charge >= 0.3 is 0 Å². The summed E-state index contributed by atoms with van der Waals surface area (Å²) in [5, 5.41) is 0. The van der Waals surface area contributed by atoms with Crippen LogP contribution in [0, 0.1) is 0 Å². The number of hydrogen-bond acceptors (Lipinski definition) is 3. The van der Waals surface area contributed by atoms with Crippen molar-refractivity contribution in [1.82, 2.24) is 0 Å². The molecule has 0 heterocycles. The van der Waals surface area contributed by atoms with Crippen molar-refractivity contribution in [2.45, 2.75) is 18.9 Å². The molecule has 0 spiro atoms. The van der Waals surface area contributed by atoms with Crippen molar-refractivity contribution in [2.24, 2.45) is 11.5 Å². The van der Waals surface area contributed by atoms with Gasteiger partial charge in [-0.05, 0) is 6.42 Å². The van der Waals surface area contributed by atoms with Crippen LogP contribution in [0.2, 0.25) is 0 Å². The van der Waals surface area contributed by atoms with Gasteiger partial charge in [0.25, 0.3) is 0 Å². The van der Waals surface area contributed by atoms with E-state index >= 15 is 0 Å². The van der Waals surface area contributed by atoms with Crippen LogP contribution >= 0.6 is 0 Å². The van der Waals surface area contributed by atoms with Gasteiger partial charge in [0.1, 0.15) is 6.10 Å². The second-order valence-corrected chi connectivity index (χ2v) is 2.13. The minimum absolute atomic E-state index is 0.113. The fraction of sp³-hybridized carbons (Fsp3) is 0.667. The molecule has 4 N–H and O–H groups in total. The molecule has 2 amide bonds. The zero-order valence-electron chi connectivity index (χ0n) is 6.37. The van der Waals surface area contributed by atoms with Crippen molar-refractivity contribution in [2.75, 3.05) is 7.11 Å². The molecule has 0 aliphatic heterocycles.